The summed E-state index contributed by atoms with van der Waals surface area (Å²) in [5.41, 5.74) is 2.18. The predicted molar refractivity (Wildman–Crippen MR) is 89.1 cm³/mol. The molecular formula is C16H13BrClN3O. The van der Waals surface area contributed by atoms with E-state index < -0.39 is 0 Å². The second kappa shape index (κ2) is 6.50. The zero-order chi connectivity index (χ0) is 15.5. The van der Waals surface area contributed by atoms with Crippen molar-refractivity contribution in [2.75, 3.05) is 0 Å². The maximum absolute atomic E-state index is 9.62. The first-order valence-electron chi connectivity index (χ1n) is 6.70. The highest BCUT2D eigenvalue weighted by Crippen LogP contribution is 2.28. The van der Waals surface area contributed by atoms with Crippen LogP contribution in [0, 0.1) is 0 Å². The third-order valence-electron chi connectivity index (χ3n) is 3.45. The molecule has 1 aromatic heterocycles. The smallest absolute Gasteiger partial charge is 0.137 e. The second-order valence-corrected chi connectivity index (χ2v) is 6.22. The molecule has 0 fully saturated rings. The first-order chi connectivity index (χ1) is 10.6. The summed E-state index contributed by atoms with van der Waals surface area (Å²) in [6, 6.07) is 13.2. The van der Waals surface area contributed by atoms with E-state index >= 15 is 0 Å². The third-order valence-corrected chi connectivity index (χ3v) is 4.34. The minimum atomic E-state index is 0.0104. The average Bonchev–Trinajstić information content (AvgIpc) is 3.03. The van der Waals surface area contributed by atoms with Gasteiger partial charge in [0.25, 0.3) is 0 Å². The maximum atomic E-state index is 9.62. The number of aromatic hydroxyl groups is 1. The van der Waals surface area contributed by atoms with Crippen molar-refractivity contribution in [2.24, 2.45) is 0 Å². The standard InChI is InChI=1S/C16H13BrClN3O/c17-14-7-11(1-6-16(14)22)8-15(21-10-19-9-20-21)12-2-4-13(18)5-3-12/h1-7,9-10,15,22H,8H2. The fraction of sp³-hybridized carbons (Fsp3) is 0.125. The van der Waals surface area contributed by atoms with Gasteiger partial charge in [0.15, 0.2) is 0 Å². The van der Waals surface area contributed by atoms with Gasteiger partial charge in [-0.15, -0.1) is 0 Å². The first kappa shape index (κ1) is 15.1. The van der Waals surface area contributed by atoms with E-state index in [1.807, 2.05) is 41.1 Å². The van der Waals surface area contributed by atoms with Gasteiger partial charge < -0.3 is 5.11 Å². The van der Waals surface area contributed by atoms with Gasteiger partial charge in [-0.1, -0.05) is 29.8 Å². The molecule has 22 heavy (non-hydrogen) atoms. The Bertz CT molecular complexity index is 760. The molecule has 0 saturated carbocycles. The lowest BCUT2D eigenvalue weighted by atomic mass is 9.99. The fourth-order valence-corrected chi connectivity index (χ4v) is 2.88. The van der Waals surface area contributed by atoms with Gasteiger partial charge in [-0.2, -0.15) is 5.10 Å². The van der Waals surface area contributed by atoms with Gasteiger partial charge in [-0.3, -0.25) is 0 Å². The third kappa shape index (κ3) is 3.31. The number of nitrogens with zero attached hydrogens (tertiary/aromatic N) is 3. The SMILES string of the molecule is Oc1ccc(CC(c2ccc(Cl)cc2)n2cncn2)cc1Br. The van der Waals surface area contributed by atoms with E-state index in [9.17, 15) is 5.11 Å². The van der Waals surface area contributed by atoms with Crippen molar-refractivity contribution >= 4 is 27.5 Å². The summed E-state index contributed by atoms with van der Waals surface area (Å²) in [5, 5.41) is 14.6. The highest BCUT2D eigenvalue weighted by atomic mass is 79.9. The van der Waals surface area contributed by atoms with Gasteiger partial charge in [0.2, 0.25) is 0 Å². The summed E-state index contributed by atoms with van der Waals surface area (Å²) in [4.78, 5) is 4.04. The molecule has 0 bridgehead atoms. The lowest BCUT2D eigenvalue weighted by Crippen LogP contribution is -2.14. The molecule has 112 valence electrons. The molecule has 0 aliphatic rings. The molecule has 4 nitrogen and oxygen atoms in total. The summed E-state index contributed by atoms with van der Waals surface area (Å²) in [6.07, 6.45) is 3.95. The summed E-state index contributed by atoms with van der Waals surface area (Å²) >= 11 is 9.32. The van der Waals surface area contributed by atoms with E-state index in [4.69, 9.17) is 11.6 Å². The Balaban J connectivity index is 1.95. The Kier molecular flexibility index (Phi) is 4.45. The molecule has 3 aromatic rings. The maximum Gasteiger partial charge on any atom is 0.137 e. The van der Waals surface area contributed by atoms with Crippen LogP contribution in [0.15, 0.2) is 59.6 Å². The molecule has 1 atom stereocenters. The molecule has 1 heterocycles. The summed E-state index contributed by atoms with van der Waals surface area (Å²) in [7, 11) is 0. The summed E-state index contributed by atoms with van der Waals surface area (Å²) < 4.78 is 2.50. The van der Waals surface area contributed by atoms with Crippen molar-refractivity contribution in [3.8, 4) is 5.75 Å². The zero-order valence-electron chi connectivity index (χ0n) is 11.5. The lowest BCUT2D eigenvalue weighted by Gasteiger charge is -2.18. The van der Waals surface area contributed by atoms with Crippen molar-refractivity contribution in [3.63, 3.8) is 0 Å². The van der Waals surface area contributed by atoms with Crippen LogP contribution in [0.3, 0.4) is 0 Å². The van der Waals surface area contributed by atoms with Crippen LogP contribution in [0.4, 0.5) is 0 Å². The van der Waals surface area contributed by atoms with Crippen molar-refractivity contribution in [3.05, 3.63) is 75.7 Å². The van der Waals surface area contributed by atoms with Crippen LogP contribution in [-0.2, 0) is 6.42 Å². The van der Waals surface area contributed by atoms with Gasteiger partial charge in [-0.05, 0) is 57.7 Å². The molecule has 2 aromatic carbocycles. The van der Waals surface area contributed by atoms with Gasteiger partial charge in [0.1, 0.15) is 18.4 Å². The van der Waals surface area contributed by atoms with Crippen molar-refractivity contribution in [2.45, 2.75) is 12.5 Å². The molecule has 1 N–H and O–H groups in total. The monoisotopic (exact) mass is 377 g/mol. The van der Waals surface area contributed by atoms with Crippen LogP contribution in [0.5, 0.6) is 5.75 Å². The van der Waals surface area contributed by atoms with Crippen molar-refractivity contribution in [1.29, 1.82) is 0 Å². The second-order valence-electron chi connectivity index (χ2n) is 4.93. The van der Waals surface area contributed by atoms with Gasteiger partial charge in [0.05, 0.1) is 10.5 Å². The van der Waals surface area contributed by atoms with Gasteiger partial charge >= 0.3 is 0 Å². The lowest BCUT2D eigenvalue weighted by molar-refractivity contribution is 0.471. The topological polar surface area (TPSA) is 50.9 Å². The molecule has 0 aliphatic carbocycles. The molecule has 0 spiro atoms. The molecule has 0 aliphatic heterocycles. The first-order valence-corrected chi connectivity index (χ1v) is 7.87. The highest BCUT2D eigenvalue weighted by molar-refractivity contribution is 9.10. The largest absolute Gasteiger partial charge is 0.507 e. The average molecular weight is 379 g/mol. The summed E-state index contributed by atoms with van der Waals surface area (Å²) in [5.74, 6) is 0.229. The number of benzene rings is 2. The van der Waals surface area contributed by atoms with Crippen LogP contribution < -0.4 is 0 Å². The molecular weight excluding hydrogens is 366 g/mol. The van der Waals surface area contributed by atoms with Crippen molar-refractivity contribution in [1.82, 2.24) is 14.8 Å². The Morgan fingerprint density at radius 2 is 1.95 bits per heavy atom. The van der Waals surface area contributed by atoms with E-state index in [-0.39, 0.29) is 11.8 Å². The number of phenolic OH excluding ortho intramolecular Hbond substituents is 1. The highest BCUT2D eigenvalue weighted by Gasteiger charge is 2.16. The van der Waals surface area contributed by atoms with E-state index in [1.54, 1.807) is 12.4 Å². The number of halogens is 2. The molecule has 3 rings (SSSR count). The van der Waals surface area contributed by atoms with Crippen LogP contribution in [0.1, 0.15) is 17.2 Å². The number of phenols is 1. The van der Waals surface area contributed by atoms with Crippen LogP contribution in [0.2, 0.25) is 5.02 Å². The van der Waals surface area contributed by atoms with E-state index in [0.29, 0.717) is 9.50 Å². The summed E-state index contributed by atoms with van der Waals surface area (Å²) in [6.45, 7) is 0. The molecule has 0 radical (unpaired) electrons. The Labute approximate surface area is 141 Å². The van der Waals surface area contributed by atoms with Gasteiger partial charge in [-0.25, -0.2) is 9.67 Å². The molecule has 0 amide bonds. The number of rotatable bonds is 4. The minimum Gasteiger partial charge on any atom is -0.507 e. The molecule has 1 unspecified atom stereocenters. The quantitative estimate of drug-likeness (QED) is 0.739. The molecule has 6 heteroatoms. The Morgan fingerprint density at radius 3 is 2.59 bits per heavy atom. The predicted octanol–water partition coefficient (Wildman–Crippen LogP) is 4.23. The van der Waals surface area contributed by atoms with Crippen LogP contribution >= 0.6 is 27.5 Å². The zero-order valence-corrected chi connectivity index (χ0v) is 13.9. The van der Waals surface area contributed by atoms with E-state index in [1.165, 1.54) is 6.33 Å². The molecule has 0 saturated heterocycles. The Morgan fingerprint density at radius 1 is 1.18 bits per heavy atom. The fourth-order valence-electron chi connectivity index (χ4n) is 2.33. The van der Waals surface area contributed by atoms with E-state index in [2.05, 4.69) is 26.0 Å². The number of aromatic nitrogens is 3. The van der Waals surface area contributed by atoms with E-state index in [0.717, 1.165) is 17.5 Å². The number of hydrogen-bond acceptors (Lipinski definition) is 3. The minimum absolute atomic E-state index is 0.0104. The van der Waals surface area contributed by atoms with Crippen molar-refractivity contribution < 1.29 is 5.11 Å². The van der Waals surface area contributed by atoms with Crippen LogP contribution in [0.25, 0.3) is 0 Å². The Hall–Kier alpha value is -1.85. The van der Waals surface area contributed by atoms with Crippen LogP contribution in [-0.4, -0.2) is 19.9 Å². The van der Waals surface area contributed by atoms with Gasteiger partial charge in [0, 0.05) is 5.02 Å². The normalized spacial score (nSPS) is 12.3. The number of hydrogen-bond donors (Lipinski definition) is 1.